The van der Waals surface area contributed by atoms with Gasteiger partial charge in [-0.05, 0) is 49.1 Å². The van der Waals surface area contributed by atoms with Gasteiger partial charge < -0.3 is 9.30 Å². The molecule has 1 aliphatic heterocycles. The highest BCUT2D eigenvalue weighted by Gasteiger charge is 2.22. The molecule has 3 heterocycles. The second-order valence-electron chi connectivity index (χ2n) is 6.92. The van der Waals surface area contributed by atoms with E-state index in [2.05, 4.69) is 51.0 Å². The van der Waals surface area contributed by atoms with Crippen molar-refractivity contribution in [2.45, 2.75) is 32.4 Å². The van der Waals surface area contributed by atoms with Crippen LogP contribution in [0.15, 0.2) is 65.3 Å². The Balaban J connectivity index is 1.54. The lowest BCUT2D eigenvalue weighted by Gasteiger charge is -2.08. The molecule has 0 bridgehead atoms. The first-order valence-electron chi connectivity index (χ1n) is 9.33. The van der Waals surface area contributed by atoms with Gasteiger partial charge in [-0.15, -0.1) is 5.10 Å². The molecule has 4 aromatic rings. The lowest BCUT2D eigenvalue weighted by molar-refractivity contribution is 0.288. The highest BCUT2D eigenvalue weighted by Crippen LogP contribution is 2.33. The quantitative estimate of drug-likeness (QED) is 0.436. The SMILES string of the molecule is Brc1ccc(-c2cn3nc(COc4ccccc4)n4c3c2CCCC4)cc1. The molecule has 0 radical (unpaired) electrons. The summed E-state index contributed by atoms with van der Waals surface area (Å²) in [6, 6.07) is 18.5. The molecular weight excluding hydrogens is 402 g/mol. The van der Waals surface area contributed by atoms with Crippen LogP contribution in [0, 0.1) is 0 Å². The van der Waals surface area contributed by atoms with Gasteiger partial charge in [-0.1, -0.05) is 46.3 Å². The number of halogens is 1. The molecule has 0 saturated carbocycles. The smallest absolute Gasteiger partial charge is 0.169 e. The van der Waals surface area contributed by atoms with E-state index in [4.69, 9.17) is 9.84 Å². The average molecular weight is 422 g/mol. The van der Waals surface area contributed by atoms with Crippen LogP contribution in [0.2, 0.25) is 0 Å². The molecule has 5 rings (SSSR count). The minimum atomic E-state index is 0.485. The highest BCUT2D eigenvalue weighted by atomic mass is 79.9. The van der Waals surface area contributed by atoms with E-state index < -0.39 is 0 Å². The van der Waals surface area contributed by atoms with Crippen LogP contribution in [0.5, 0.6) is 5.75 Å². The first-order chi connectivity index (χ1) is 13.3. The minimum absolute atomic E-state index is 0.485. The zero-order chi connectivity index (χ0) is 18.2. The Kier molecular flexibility index (Phi) is 4.24. The standard InChI is InChI=1S/C22H20BrN3O/c23-17-11-9-16(10-12-17)20-14-26-22-19(20)8-4-5-13-25(22)21(24-26)15-27-18-6-2-1-3-7-18/h1-3,6-7,9-12,14H,4-5,8,13,15H2. The van der Waals surface area contributed by atoms with Crippen LogP contribution in [0.4, 0.5) is 0 Å². The predicted octanol–water partition coefficient (Wildman–Crippen LogP) is 5.48. The lowest BCUT2D eigenvalue weighted by atomic mass is 10.0. The summed E-state index contributed by atoms with van der Waals surface area (Å²) >= 11 is 3.53. The normalized spacial score (nSPS) is 13.7. The third-order valence-corrected chi connectivity index (χ3v) is 5.71. The van der Waals surface area contributed by atoms with Crippen molar-refractivity contribution in [3.63, 3.8) is 0 Å². The van der Waals surface area contributed by atoms with Gasteiger partial charge in [-0.2, -0.15) is 0 Å². The number of nitrogens with zero attached hydrogens (tertiary/aromatic N) is 3. The Bertz CT molecular complexity index is 1080. The topological polar surface area (TPSA) is 31.5 Å². The van der Waals surface area contributed by atoms with Gasteiger partial charge in [0, 0.05) is 28.3 Å². The molecule has 1 aliphatic rings. The summed E-state index contributed by atoms with van der Waals surface area (Å²) in [5.41, 5.74) is 5.15. The van der Waals surface area contributed by atoms with Gasteiger partial charge in [-0.3, -0.25) is 0 Å². The average Bonchev–Trinajstić information content (AvgIpc) is 3.11. The Morgan fingerprint density at radius 1 is 1.00 bits per heavy atom. The number of rotatable bonds is 4. The van der Waals surface area contributed by atoms with Crippen molar-refractivity contribution in [3.05, 3.63) is 76.7 Å². The van der Waals surface area contributed by atoms with Crippen LogP contribution < -0.4 is 4.74 Å². The molecule has 136 valence electrons. The third-order valence-electron chi connectivity index (χ3n) is 5.18. The van der Waals surface area contributed by atoms with Crippen molar-refractivity contribution >= 4 is 21.6 Å². The zero-order valence-corrected chi connectivity index (χ0v) is 16.5. The zero-order valence-electron chi connectivity index (χ0n) is 14.9. The molecule has 0 amide bonds. The second-order valence-corrected chi connectivity index (χ2v) is 7.84. The summed E-state index contributed by atoms with van der Waals surface area (Å²) in [5.74, 6) is 1.86. The minimum Gasteiger partial charge on any atom is -0.486 e. The van der Waals surface area contributed by atoms with Gasteiger partial charge in [0.2, 0.25) is 0 Å². The van der Waals surface area contributed by atoms with Crippen molar-refractivity contribution in [2.24, 2.45) is 0 Å². The maximum absolute atomic E-state index is 5.96. The van der Waals surface area contributed by atoms with Crippen molar-refractivity contribution in [3.8, 4) is 16.9 Å². The maximum atomic E-state index is 5.96. The van der Waals surface area contributed by atoms with E-state index in [9.17, 15) is 0 Å². The second kappa shape index (κ2) is 6.89. The molecule has 0 unspecified atom stereocenters. The van der Waals surface area contributed by atoms with E-state index in [0.29, 0.717) is 6.61 Å². The molecular formula is C22H20BrN3O. The lowest BCUT2D eigenvalue weighted by Crippen LogP contribution is -2.07. The fourth-order valence-electron chi connectivity index (χ4n) is 3.89. The van der Waals surface area contributed by atoms with E-state index in [1.165, 1.54) is 35.2 Å². The summed E-state index contributed by atoms with van der Waals surface area (Å²) in [5, 5.41) is 4.85. The molecule has 0 spiro atoms. The number of ether oxygens (including phenoxy) is 1. The number of para-hydroxylation sites is 1. The van der Waals surface area contributed by atoms with Crippen LogP contribution in [-0.4, -0.2) is 14.2 Å². The van der Waals surface area contributed by atoms with Crippen LogP contribution in [0.3, 0.4) is 0 Å². The van der Waals surface area contributed by atoms with E-state index in [1.54, 1.807) is 0 Å². The van der Waals surface area contributed by atoms with Gasteiger partial charge >= 0.3 is 0 Å². The monoisotopic (exact) mass is 421 g/mol. The molecule has 0 atom stereocenters. The van der Waals surface area contributed by atoms with Crippen molar-refractivity contribution in [1.82, 2.24) is 14.2 Å². The van der Waals surface area contributed by atoms with Gasteiger partial charge in [-0.25, -0.2) is 4.52 Å². The van der Waals surface area contributed by atoms with Gasteiger partial charge in [0.15, 0.2) is 5.82 Å². The highest BCUT2D eigenvalue weighted by molar-refractivity contribution is 9.10. The maximum Gasteiger partial charge on any atom is 0.169 e. The van der Waals surface area contributed by atoms with E-state index in [0.717, 1.165) is 29.0 Å². The first kappa shape index (κ1) is 16.6. The van der Waals surface area contributed by atoms with Gasteiger partial charge in [0.1, 0.15) is 18.0 Å². The summed E-state index contributed by atoms with van der Waals surface area (Å²) in [6.07, 6.45) is 5.62. The van der Waals surface area contributed by atoms with Crippen LogP contribution in [0.1, 0.15) is 24.2 Å². The Labute approximate surface area is 166 Å². The largest absolute Gasteiger partial charge is 0.486 e. The number of aryl methyl sites for hydroxylation is 2. The molecule has 0 saturated heterocycles. The van der Waals surface area contributed by atoms with Crippen LogP contribution in [-0.2, 0) is 19.6 Å². The van der Waals surface area contributed by atoms with E-state index in [-0.39, 0.29) is 0 Å². The fraction of sp³-hybridized carbons (Fsp3) is 0.227. The number of aromatic nitrogens is 3. The molecule has 2 aromatic heterocycles. The Morgan fingerprint density at radius 2 is 1.81 bits per heavy atom. The van der Waals surface area contributed by atoms with Crippen LogP contribution in [0.25, 0.3) is 16.8 Å². The Morgan fingerprint density at radius 3 is 2.63 bits per heavy atom. The Hall–Kier alpha value is -2.53. The summed E-state index contributed by atoms with van der Waals surface area (Å²) in [4.78, 5) is 0. The van der Waals surface area contributed by atoms with Crippen molar-refractivity contribution < 1.29 is 4.74 Å². The van der Waals surface area contributed by atoms with Gasteiger partial charge in [0.25, 0.3) is 0 Å². The summed E-state index contributed by atoms with van der Waals surface area (Å²) in [6.45, 7) is 1.48. The molecule has 4 nitrogen and oxygen atoms in total. The third kappa shape index (κ3) is 3.06. The predicted molar refractivity (Wildman–Crippen MR) is 110 cm³/mol. The molecule has 27 heavy (non-hydrogen) atoms. The van der Waals surface area contributed by atoms with Gasteiger partial charge in [0.05, 0.1) is 0 Å². The van der Waals surface area contributed by atoms with E-state index in [1.807, 2.05) is 34.8 Å². The first-order valence-corrected chi connectivity index (χ1v) is 10.1. The summed E-state index contributed by atoms with van der Waals surface area (Å²) in [7, 11) is 0. The van der Waals surface area contributed by atoms with E-state index >= 15 is 0 Å². The molecule has 5 heteroatoms. The number of hydrogen-bond acceptors (Lipinski definition) is 2. The summed E-state index contributed by atoms with van der Waals surface area (Å²) < 4.78 is 11.4. The molecule has 2 aromatic carbocycles. The molecule has 0 N–H and O–H groups in total. The van der Waals surface area contributed by atoms with Crippen molar-refractivity contribution in [1.29, 1.82) is 0 Å². The molecule has 0 aliphatic carbocycles. The van der Waals surface area contributed by atoms with Crippen molar-refractivity contribution in [2.75, 3.05) is 0 Å². The fourth-order valence-corrected chi connectivity index (χ4v) is 4.15. The number of benzene rings is 2. The molecule has 0 fully saturated rings. The van der Waals surface area contributed by atoms with Crippen LogP contribution >= 0.6 is 15.9 Å². The number of hydrogen-bond donors (Lipinski definition) is 0.